The Kier molecular flexibility index (Phi) is 4.62. The molecule has 100 valence electrons. The Morgan fingerprint density at radius 3 is 2.39 bits per heavy atom. The van der Waals surface area contributed by atoms with Gasteiger partial charge in [-0.1, -0.05) is 26.8 Å². The van der Waals surface area contributed by atoms with E-state index >= 15 is 0 Å². The molecule has 0 heterocycles. The number of carbonyl (C=O) groups excluding carboxylic acids is 1. The topological polar surface area (TPSA) is 26.3 Å². The second-order valence-corrected chi connectivity index (χ2v) is 11.0. The summed E-state index contributed by atoms with van der Waals surface area (Å²) in [7, 11) is -1.91. The van der Waals surface area contributed by atoms with Crippen molar-refractivity contribution in [3.8, 4) is 5.75 Å². The number of aldehydes is 1. The van der Waals surface area contributed by atoms with Crippen LogP contribution < -0.4 is 4.43 Å². The monoisotopic (exact) mass is 284 g/mol. The highest BCUT2D eigenvalue weighted by Gasteiger charge is 2.39. The van der Waals surface area contributed by atoms with E-state index in [1.807, 2.05) is 12.1 Å². The lowest BCUT2D eigenvalue weighted by molar-refractivity contribution is 0.112. The summed E-state index contributed by atoms with van der Waals surface area (Å²) in [6, 6.07) is 5.55. The number of benzene rings is 1. The molecule has 2 nitrogen and oxygen atoms in total. The van der Waals surface area contributed by atoms with Gasteiger partial charge in [-0.25, -0.2) is 0 Å². The molecule has 0 unspecified atom stereocenters. The molecule has 1 aromatic carbocycles. The van der Waals surface area contributed by atoms with E-state index < -0.39 is 8.32 Å². The second kappa shape index (κ2) is 5.45. The van der Waals surface area contributed by atoms with Crippen LogP contribution in [0.1, 0.15) is 36.7 Å². The zero-order valence-corrected chi connectivity index (χ0v) is 13.5. The van der Waals surface area contributed by atoms with Gasteiger partial charge in [0.15, 0.2) is 6.29 Å². The van der Waals surface area contributed by atoms with Gasteiger partial charge in [-0.15, -0.1) is 11.6 Å². The number of hydrogen-bond acceptors (Lipinski definition) is 2. The van der Waals surface area contributed by atoms with Crippen LogP contribution in [0.15, 0.2) is 18.2 Å². The molecule has 0 N–H and O–H groups in total. The first-order valence-corrected chi connectivity index (χ1v) is 9.48. The minimum Gasteiger partial charge on any atom is -0.543 e. The van der Waals surface area contributed by atoms with E-state index in [0.717, 1.165) is 11.8 Å². The summed E-state index contributed by atoms with van der Waals surface area (Å²) in [5, 5.41) is 0.109. The quantitative estimate of drug-likeness (QED) is 0.458. The highest BCUT2D eigenvalue weighted by atomic mass is 35.5. The SMILES string of the molecule is CC(C)(C)[Si](C)(C)Oc1ccc(CCl)cc1C=O. The molecule has 0 radical (unpaired) electrons. The standard InChI is InChI=1S/C14H21ClO2Si/c1-14(2,3)18(4,5)17-13-7-6-11(9-15)8-12(13)10-16/h6-8,10H,9H2,1-5H3. The van der Waals surface area contributed by atoms with Crippen LogP contribution in [0.4, 0.5) is 0 Å². The smallest absolute Gasteiger partial charge is 0.250 e. The average Bonchev–Trinajstić information content (AvgIpc) is 2.27. The summed E-state index contributed by atoms with van der Waals surface area (Å²) in [5.41, 5.74) is 1.51. The molecule has 0 aromatic heterocycles. The molecule has 0 atom stereocenters. The van der Waals surface area contributed by atoms with Crippen molar-refractivity contribution in [1.82, 2.24) is 0 Å². The molecule has 0 aliphatic heterocycles. The van der Waals surface area contributed by atoms with Gasteiger partial charge in [-0.3, -0.25) is 4.79 Å². The van der Waals surface area contributed by atoms with Gasteiger partial charge in [0.05, 0.1) is 5.56 Å². The Morgan fingerprint density at radius 1 is 1.33 bits per heavy atom. The van der Waals surface area contributed by atoms with Gasteiger partial charge in [0.25, 0.3) is 8.32 Å². The fourth-order valence-corrected chi connectivity index (χ4v) is 2.50. The van der Waals surface area contributed by atoms with Gasteiger partial charge in [-0.05, 0) is 35.8 Å². The number of alkyl halides is 1. The molecule has 0 saturated carbocycles. The maximum absolute atomic E-state index is 11.1. The maximum Gasteiger partial charge on any atom is 0.250 e. The summed E-state index contributed by atoms with van der Waals surface area (Å²) in [4.78, 5) is 11.1. The summed E-state index contributed by atoms with van der Waals surface area (Å²) in [5.74, 6) is 1.08. The van der Waals surface area contributed by atoms with Gasteiger partial charge < -0.3 is 4.43 Å². The minimum absolute atomic E-state index is 0.109. The first kappa shape index (κ1) is 15.3. The van der Waals surface area contributed by atoms with E-state index in [-0.39, 0.29) is 5.04 Å². The van der Waals surface area contributed by atoms with Crippen molar-refractivity contribution in [2.24, 2.45) is 0 Å². The lowest BCUT2D eigenvalue weighted by Gasteiger charge is -2.36. The number of hydrogen-bond donors (Lipinski definition) is 0. The summed E-state index contributed by atoms with van der Waals surface area (Å²) < 4.78 is 6.15. The van der Waals surface area contributed by atoms with Crippen molar-refractivity contribution in [3.05, 3.63) is 29.3 Å². The minimum atomic E-state index is -1.91. The maximum atomic E-state index is 11.1. The largest absolute Gasteiger partial charge is 0.543 e. The number of carbonyl (C=O) groups is 1. The molecule has 0 fully saturated rings. The molecule has 0 saturated heterocycles. The van der Waals surface area contributed by atoms with Gasteiger partial charge in [0.2, 0.25) is 0 Å². The normalized spacial score (nSPS) is 12.3. The molecular formula is C14H21ClO2Si. The van der Waals surface area contributed by atoms with E-state index in [0.29, 0.717) is 17.2 Å². The Balaban J connectivity index is 3.08. The molecule has 0 aliphatic rings. The van der Waals surface area contributed by atoms with Crippen LogP contribution in [0, 0.1) is 0 Å². The van der Waals surface area contributed by atoms with Crippen molar-refractivity contribution in [2.45, 2.75) is 44.8 Å². The average molecular weight is 285 g/mol. The summed E-state index contributed by atoms with van der Waals surface area (Å²) in [6.07, 6.45) is 0.832. The van der Waals surface area contributed by atoms with Crippen molar-refractivity contribution >= 4 is 26.2 Å². The lowest BCUT2D eigenvalue weighted by atomic mass is 10.1. The molecule has 1 aromatic rings. The lowest BCUT2D eigenvalue weighted by Crippen LogP contribution is -2.44. The van der Waals surface area contributed by atoms with Crippen molar-refractivity contribution < 1.29 is 9.22 Å². The fraction of sp³-hybridized carbons (Fsp3) is 0.500. The highest BCUT2D eigenvalue weighted by molar-refractivity contribution is 6.74. The zero-order chi connectivity index (χ0) is 14.0. The van der Waals surface area contributed by atoms with Crippen molar-refractivity contribution in [2.75, 3.05) is 0 Å². The predicted molar refractivity (Wildman–Crippen MR) is 79.2 cm³/mol. The van der Waals surface area contributed by atoms with Crippen LogP contribution in [-0.4, -0.2) is 14.6 Å². The van der Waals surface area contributed by atoms with E-state index in [4.69, 9.17) is 16.0 Å². The van der Waals surface area contributed by atoms with Crippen LogP contribution in [-0.2, 0) is 5.88 Å². The van der Waals surface area contributed by atoms with Crippen LogP contribution in [0.2, 0.25) is 18.1 Å². The fourth-order valence-electron chi connectivity index (χ4n) is 1.29. The number of rotatable bonds is 4. The van der Waals surface area contributed by atoms with E-state index in [1.54, 1.807) is 6.07 Å². The molecule has 0 aliphatic carbocycles. The Labute approximate surface area is 115 Å². The van der Waals surface area contributed by atoms with Gasteiger partial charge in [-0.2, -0.15) is 0 Å². The van der Waals surface area contributed by atoms with Crippen LogP contribution in [0.25, 0.3) is 0 Å². The van der Waals surface area contributed by atoms with Crippen LogP contribution in [0.5, 0.6) is 5.75 Å². The third-order valence-corrected chi connectivity index (χ3v) is 8.18. The Morgan fingerprint density at radius 2 is 1.94 bits per heavy atom. The van der Waals surface area contributed by atoms with Crippen molar-refractivity contribution in [3.63, 3.8) is 0 Å². The Hall–Kier alpha value is -0.803. The number of halogens is 1. The van der Waals surface area contributed by atoms with E-state index in [2.05, 4.69) is 33.9 Å². The summed E-state index contributed by atoms with van der Waals surface area (Å²) >= 11 is 5.77. The van der Waals surface area contributed by atoms with Crippen molar-refractivity contribution in [1.29, 1.82) is 0 Å². The van der Waals surface area contributed by atoms with E-state index in [1.165, 1.54) is 0 Å². The second-order valence-electron chi connectivity index (χ2n) is 5.99. The zero-order valence-electron chi connectivity index (χ0n) is 11.7. The predicted octanol–water partition coefficient (Wildman–Crippen LogP) is 4.62. The molecule has 0 amide bonds. The summed E-state index contributed by atoms with van der Waals surface area (Å²) in [6.45, 7) is 10.8. The molecule has 1 rings (SSSR count). The molecular weight excluding hydrogens is 264 g/mol. The third-order valence-electron chi connectivity index (χ3n) is 3.53. The molecule has 4 heteroatoms. The first-order valence-electron chi connectivity index (χ1n) is 6.04. The highest BCUT2D eigenvalue weighted by Crippen LogP contribution is 2.38. The molecule has 18 heavy (non-hydrogen) atoms. The van der Waals surface area contributed by atoms with Crippen LogP contribution in [0.3, 0.4) is 0 Å². The van der Waals surface area contributed by atoms with Gasteiger partial charge in [0, 0.05) is 5.88 Å². The van der Waals surface area contributed by atoms with Gasteiger partial charge in [0.1, 0.15) is 5.75 Å². The van der Waals surface area contributed by atoms with Crippen LogP contribution >= 0.6 is 11.6 Å². The van der Waals surface area contributed by atoms with E-state index in [9.17, 15) is 4.79 Å². The van der Waals surface area contributed by atoms with Gasteiger partial charge >= 0.3 is 0 Å². The molecule has 0 spiro atoms. The Bertz CT molecular complexity index is 436. The molecule has 0 bridgehead atoms. The third kappa shape index (κ3) is 3.36. The first-order chi connectivity index (χ1) is 8.21.